The van der Waals surface area contributed by atoms with E-state index in [1.54, 1.807) is 0 Å². The molecule has 0 aliphatic carbocycles. The molecule has 0 atom stereocenters. The molecule has 1 aromatic carbocycles. The zero-order chi connectivity index (χ0) is 15.1. The lowest BCUT2D eigenvalue weighted by atomic mass is 10.1. The van der Waals surface area contributed by atoms with Crippen molar-refractivity contribution in [1.82, 2.24) is 0 Å². The number of hydrogen-bond acceptors (Lipinski definition) is 1. The third-order valence-electron chi connectivity index (χ3n) is 3.48. The molecule has 1 nitrogen and oxygen atoms in total. The van der Waals surface area contributed by atoms with E-state index in [1.807, 2.05) is 6.07 Å². The Morgan fingerprint density at radius 1 is 1.05 bits per heavy atom. The summed E-state index contributed by atoms with van der Waals surface area (Å²) in [5, 5.41) is 1.70. The summed E-state index contributed by atoms with van der Waals surface area (Å²) in [5.41, 5.74) is 2.61. The van der Waals surface area contributed by atoms with Gasteiger partial charge in [0.2, 0.25) is 0 Å². The normalized spacial score (nSPS) is 11.4. The van der Waals surface area contributed by atoms with Gasteiger partial charge in [-0.1, -0.05) is 61.3 Å². The minimum Gasteiger partial charge on any atom is -0.371 e. The molecule has 0 radical (unpaired) electrons. The number of nitrogens with zero attached hydrogens (tertiary/aromatic N) is 1. The van der Waals surface area contributed by atoms with Crippen molar-refractivity contribution >= 4 is 33.2 Å². The predicted molar refractivity (Wildman–Crippen MR) is 95.2 cm³/mol. The molecule has 0 amide bonds. The van der Waals surface area contributed by atoms with Gasteiger partial charge < -0.3 is 4.90 Å². The summed E-state index contributed by atoms with van der Waals surface area (Å²) in [6, 6.07) is 6.22. The molecule has 0 aromatic heterocycles. The molecule has 0 spiro atoms. The summed E-state index contributed by atoms with van der Waals surface area (Å²) >= 11 is 9.79. The molecule has 0 bridgehead atoms. The minimum absolute atomic E-state index is 0.725. The first kappa shape index (κ1) is 17.8. The third kappa shape index (κ3) is 6.05. The molecule has 114 valence electrons. The Bertz CT molecular complexity index is 392. The van der Waals surface area contributed by atoms with Crippen molar-refractivity contribution in [3.63, 3.8) is 0 Å². The lowest BCUT2D eigenvalue weighted by Crippen LogP contribution is -2.28. The van der Waals surface area contributed by atoms with Crippen LogP contribution in [0.25, 0.3) is 0 Å². The zero-order valence-corrected chi connectivity index (χ0v) is 15.5. The molecular formula is C17H27BrClN. The number of halogens is 2. The Morgan fingerprint density at radius 2 is 1.60 bits per heavy atom. The second-order valence-corrected chi connectivity index (χ2v) is 7.26. The van der Waals surface area contributed by atoms with Crippen molar-refractivity contribution in [3.05, 3.63) is 28.8 Å². The molecular weight excluding hydrogens is 334 g/mol. The number of rotatable bonds is 8. The number of hydrogen-bond donors (Lipinski definition) is 0. The van der Waals surface area contributed by atoms with Gasteiger partial charge in [0.05, 0.1) is 0 Å². The molecule has 1 rings (SSSR count). The van der Waals surface area contributed by atoms with Gasteiger partial charge in [-0.15, -0.1) is 0 Å². The fourth-order valence-corrected chi connectivity index (χ4v) is 2.77. The highest BCUT2D eigenvalue weighted by molar-refractivity contribution is 9.08. The van der Waals surface area contributed by atoms with Crippen LogP contribution in [-0.4, -0.2) is 13.1 Å². The first-order valence-electron chi connectivity index (χ1n) is 7.53. The highest BCUT2D eigenvalue weighted by Gasteiger charge is 2.13. The van der Waals surface area contributed by atoms with E-state index in [4.69, 9.17) is 11.6 Å². The van der Waals surface area contributed by atoms with E-state index in [1.165, 1.54) is 24.1 Å². The molecule has 0 unspecified atom stereocenters. The van der Waals surface area contributed by atoms with Gasteiger partial charge in [0, 0.05) is 29.1 Å². The highest BCUT2D eigenvalue weighted by Crippen LogP contribution is 2.28. The summed E-state index contributed by atoms with van der Waals surface area (Å²) in [5.74, 6) is 1.45. The highest BCUT2D eigenvalue weighted by atomic mass is 79.9. The van der Waals surface area contributed by atoms with Crippen molar-refractivity contribution in [2.75, 3.05) is 18.0 Å². The van der Waals surface area contributed by atoms with Crippen LogP contribution in [-0.2, 0) is 5.33 Å². The summed E-state index contributed by atoms with van der Waals surface area (Å²) < 4.78 is 0. The molecule has 0 saturated carbocycles. The van der Waals surface area contributed by atoms with Crippen LogP contribution in [0.4, 0.5) is 5.69 Å². The number of anilines is 1. The van der Waals surface area contributed by atoms with Crippen molar-refractivity contribution in [3.8, 4) is 0 Å². The smallest absolute Gasteiger partial charge is 0.0426 e. The van der Waals surface area contributed by atoms with Crippen LogP contribution in [0.15, 0.2) is 18.2 Å². The minimum atomic E-state index is 0.725. The lowest BCUT2D eigenvalue weighted by molar-refractivity contribution is 0.535. The van der Waals surface area contributed by atoms with Crippen LogP contribution in [0.2, 0.25) is 5.02 Å². The van der Waals surface area contributed by atoms with E-state index in [9.17, 15) is 0 Å². The predicted octanol–water partition coefficient (Wildman–Crippen LogP) is 6.13. The standard InChI is InChI=1S/C17H27BrClN/c1-13(2)7-9-20(10-8-14(3)4)17-11-16(19)6-5-15(17)12-18/h5-6,11,13-14H,7-10,12H2,1-4H3. The van der Waals surface area contributed by atoms with Crippen LogP contribution in [0, 0.1) is 11.8 Å². The van der Waals surface area contributed by atoms with Crippen molar-refractivity contribution in [2.24, 2.45) is 11.8 Å². The van der Waals surface area contributed by atoms with Crippen LogP contribution >= 0.6 is 27.5 Å². The number of benzene rings is 1. The molecule has 0 fully saturated rings. The Balaban J connectivity index is 2.92. The first-order chi connectivity index (χ1) is 9.43. The van der Waals surface area contributed by atoms with E-state index in [0.717, 1.165) is 35.3 Å². The van der Waals surface area contributed by atoms with Gasteiger partial charge in [-0.2, -0.15) is 0 Å². The van der Waals surface area contributed by atoms with Gasteiger partial charge >= 0.3 is 0 Å². The maximum atomic E-state index is 6.20. The third-order valence-corrected chi connectivity index (χ3v) is 4.32. The van der Waals surface area contributed by atoms with E-state index in [0.29, 0.717) is 0 Å². The average Bonchev–Trinajstić information content (AvgIpc) is 2.38. The van der Waals surface area contributed by atoms with Gasteiger partial charge in [-0.3, -0.25) is 0 Å². The fraction of sp³-hybridized carbons (Fsp3) is 0.647. The zero-order valence-electron chi connectivity index (χ0n) is 13.1. The molecule has 0 heterocycles. The summed E-state index contributed by atoms with van der Waals surface area (Å²) in [6.45, 7) is 11.3. The molecule has 3 heteroatoms. The topological polar surface area (TPSA) is 3.24 Å². The summed E-state index contributed by atoms with van der Waals surface area (Å²) in [4.78, 5) is 2.50. The molecule has 0 saturated heterocycles. The quantitative estimate of drug-likeness (QED) is 0.504. The van der Waals surface area contributed by atoms with Gasteiger partial charge in [-0.25, -0.2) is 0 Å². The van der Waals surface area contributed by atoms with Crippen LogP contribution in [0.3, 0.4) is 0 Å². The second kappa shape index (κ2) is 8.94. The second-order valence-electron chi connectivity index (χ2n) is 6.26. The van der Waals surface area contributed by atoms with Gasteiger partial charge in [0.15, 0.2) is 0 Å². The van der Waals surface area contributed by atoms with Gasteiger partial charge in [0.25, 0.3) is 0 Å². The Morgan fingerprint density at radius 3 is 2.05 bits per heavy atom. The molecule has 1 aromatic rings. The Labute approximate surface area is 137 Å². The van der Waals surface area contributed by atoms with Crippen molar-refractivity contribution in [2.45, 2.75) is 45.9 Å². The molecule has 20 heavy (non-hydrogen) atoms. The van der Waals surface area contributed by atoms with E-state index < -0.39 is 0 Å². The van der Waals surface area contributed by atoms with Crippen molar-refractivity contribution < 1.29 is 0 Å². The fourth-order valence-electron chi connectivity index (χ4n) is 2.13. The molecule has 0 N–H and O–H groups in total. The van der Waals surface area contributed by atoms with E-state index in [-0.39, 0.29) is 0 Å². The monoisotopic (exact) mass is 359 g/mol. The molecule has 0 aliphatic heterocycles. The largest absolute Gasteiger partial charge is 0.371 e. The van der Waals surface area contributed by atoms with Crippen molar-refractivity contribution in [1.29, 1.82) is 0 Å². The molecule has 0 aliphatic rings. The number of alkyl halides is 1. The van der Waals surface area contributed by atoms with E-state index >= 15 is 0 Å². The Hall–Kier alpha value is -0.210. The SMILES string of the molecule is CC(C)CCN(CCC(C)C)c1cc(Cl)ccc1CBr. The van der Waals surface area contributed by atoms with Gasteiger partial charge in [-0.05, 0) is 42.4 Å². The maximum absolute atomic E-state index is 6.20. The Kier molecular flexibility index (Phi) is 7.98. The van der Waals surface area contributed by atoms with Crippen LogP contribution < -0.4 is 4.90 Å². The summed E-state index contributed by atoms with van der Waals surface area (Å²) in [6.07, 6.45) is 2.43. The lowest BCUT2D eigenvalue weighted by Gasteiger charge is -2.28. The first-order valence-corrected chi connectivity index (χ1v) is 9.03. The van der Waals surface area contributed by atoms with E-state index in [2.05, 4.69) is 60.7 Å². The average molecular weight is 361 g/mol. The van der Waals surface area contributed by atoms with Crippen LogP contribution in [0.5, 0.6) is 0 Å². The maximum Gasteiger partial charge on any atom is 0.0426 e. The van der Waals surface area contributed by atoms with Gasteiger partial charge in [0.1, 0.15) is 0 Å². The summed E-state index contributed by atoms with van der Waals surface area (Å²) in [7, 11) is 0. The van der Waals surface area contributed by atoms with Crippen LogP contribution in [0.1, 0.15) is 46.1 Å².